The number of nitrogens with one attached hydrogen (secondary N) is 1. The van der Waals surface area contributed by atoms with E-state index in [0.717, 1.165) is 19.6 Å². The molecule has 0 amide bonds. The minimum Gasteiger partial charge on any atom is -0.313 e. The molecule has 2 nitrogen and oxygen atoms in total. The second kappa shape index (κ2) is 9.11. The van der Waals surface area contributed by atoms with Gasteiger partial charge in [-0.25, -0.2) is 0 Å². The van der Waals surface area contributed by atoms with Gasteiger partial charge in [0.15, 0.2) is 0 Å². The van der Waals surface area contributed by atoms with Gasteiger partial charge < -0.3 is 5.32 Å². The smallest absolute Gasteiger partial charge is 0.0233 e. The molecule has 0 saturated carbocycles. The topological polar surface area (TPSA) is 15.3 Å². The molecule has 2 heteroatoms. The van der Waals surface area contributed by atoms with Crippen LogP contribution < -0.4 is 5.32 Å². The highest BCUT2D eigenvalue weighted by atomic mass is 15.1. The highest BCUT2D eigenvalue weighted by Crippen LogP contribution is 2.11. The Bertz CT molecular complexity index is 349. The van der Waals surface area contributed by atoms with Gasteiger partial charge in [-0.05, 0) is 44.5 Å². The minimum atomic E-state index is 0.659. The predicted octanol–water partition coefficient (Wildman–Crippen LogP) is 3.81. The molecule has 0 aliphatic heterocycles. The quantitative estimate of drug-likeness (QED) is 0.681. The van der Waals surface area contributed by atoms with Crippen LogP contribution in [0.1, 0.15) is 51.2 Å². The molecule has 0 aromatic heterocycles. The maximum atomic E-state index is 3.46. The molecule has 1 atom stereocenters. The van der Waals surface area contributed by atoms with Gasteiger partial charge in [-0.1, -0.05) is 44.5 Å². The van der Waals surface area contributed by atoms with Crippen LogP contribution in [0.3, 0.4) is 0 Å². The van der Waals surface area contributed by atoms with Gasteiger partial charge in [0.1, 0.15) is 0 Å². The summed E-state index contributed by atoms with van der Waals surface area (Å²) in [6.07, 6.45) is 3.72. The lowest BCUT2D eigenvalue weighted by molar-refractivity contribution is 0.237. The lowest BCUT2D eigenvalue weighted by atomic mass is 10.1. The van der Waals surface area contributed by atoms with E-state index >= 15 is 0 Å². The van der Waals surface area contributed by atoms with E-state index in [2.05, 4.69) is 62.3 Å². The second-order valence-corrected chi connectivity index (χ2v) is 5.55. The Kier molecular flexibility index (Phi) is 7.76. The SMILES string of the molecule is CCCNCc1cccc(CN(C)C(C)CCC)c1. The third-order valence-electron chi connectivity index (χ3n) is 3.64. The zero-order valence-electron chi connectivity index (χ0n) is 13.1. The van der Waals surface area contributed by atoms with Crippen LogP contribution >= 0.6 is 0 Å². The first-order chi connectivity index (χ1) is 9.17. The van der Waals surface area contributed by atoms with Gasteiger partial charge >= 0.3 is 0 Å². The maximum absolute atomic E-state index is 3.46. The molecule has 0 radical (unpaired) electrons. The van der Waals surface area contributed by atoms with Gasteiger partial charge in [0.25, 0.3) is 0 Å². The van der Waals surface area contributed by atoms with Gasteiger partial charge in [-0.3, -0.25) is 4.90 Å². The van der Waals surface area contributed by atoms with Crippen LogP contribution in [0.4, 0.5) is 0 Å². The molecule has 1 rings (SSSR count). The Labute approximate surface area is 119 Å². The van der Waals surface area contributed by atoms with E-state index in [1.165, 1.54) is 30.4 Å². The van der Waals surface area contributed by atoms with Crippen molar-refractivity contribution in [2.75, 3.05) is 13.6 Å². The van der Waals surface area contributed by atoms with Crippen molar-refractivity contribution in [2.45, 2.75) is 59.2 Å². The summed E-state index contributed by atoms with van der Waals surface area (Å²) >= 11 is 0. The van der Waals surface area contributed by atoms with Crippen molar-refractivity contribution >= 4 is 0 Å². The van der Waals surface area contributed by atoms with Crippen molar-refractivity contribution in [2.24, 2.45) is 0 Å². The van der Waals surface area contributed by atoms with Gasteiger partial charge in [-0.2, -0.15) is 0 Å². The van der Waals surface area contributed by atoms with Crippen molar-refractivity contribution in [1.82, 2.24) is 10.2 Å². The number of nitrogens with zero attached hydrogens (tertiary/aromatic N) is 1. The van der Waals surface area contributed by atoms with Gasteiger partial charge in [-0.15, -0.1) is 0 Å². The number of rotatable bonds is 9. The fourth-order valence-corrected chi connectivity index (χ4v) is 2.33. The van der Waals surface area contributed by atoms with Crippen molar-refractivity contribution < 1.29 is 0 Å². The summed E-state index contributed by atoms with van der Waals surface area (Å²) in [5, 5.41) is 3.46. The second-order valence-electron chi connectivity index (χ2n) is 5.55. The van der Waals surface area contributed by atoms with Crippen molar-refractivity contribution in [1.29, 1.82) is 0 Å². The van der Waals surface area contributed by atoms with Crippen LogP contribution in [0, 0.1) is 0 Å². The molecule has 1 N–H and O–H groups in total. The predicted molar refractivity (Wildman–Crippen MR) is 84.3 cm³/mol. The van der Waals surface area contributed by atoms with Gasteiger partial charge in [0.05, 0.1) is 0 Å². The maximum Gasteiger partial charge on any atom is 0.0233 e. The lowest BCUT2D eigenvalue weighted by Crippen LogP contribution is -2.28. The molecule has 108 valence electrons. The van der Waals surface area contributed by atoms with Gasteiger partial charge in [0.2, 0.25) is 0 Å². The van der Waals surface area contributed by atoms with E-state index < -0.39 is 0 Å². The van der Waals surface area contributed by atoms with Crippen molar-refractivity contribution in [3.63, 3.8) is 0 Å². The number of hydrogen-bond acceptors (Lipinski definition) is 2. The first-order valence-electron chi connectivity index (χ1n) is 7.66. The number of benzene rings is 1. The Morgan fingerprint density at radius 1 is 1.16 bits per heavy atom. The van der Waals surface area contributed by atoms with E-state index in [1.807, 2.05) is 0 Å². The Morgan fingerprint density at radius 2 is 1.89 bits per heavy atom. The summed E-state index contributed by atoms with van der Waals surface area (Å²) in [5.74, 6) is 0. The molecule has 0 bridgehead atoms. The minimum absolute atomic E-state index is 0.659. The monoisotopic (exact) mass is 262 g/mol. The molecule has 0 saturated heterocycles. The summed E-state index contributed by atoms with van der Waals surface area (Å²) in [7, 11) is 2.22. The molecule has 1 unspecified atom stereocenters. The van der Waals surface area contributed by atoms with Crippen molar-refractivity contribution in [3.8, 4) is 0 Å². The van der Waals surface area contributed by atoms with E-state index in [-0.39, 0.29) is 0 Å². The molecule has 1 aromatic carbocycles. The normalized spacial score (nSPS) is 12.9. The molecule has 0 spiro atoms. The average Bonchev–Trinajstić information content (AvgIpc) is 2.40. The highest BCUT2D eigenvalue weighted by Gasteiger charge is 2.08. The van der Waals surface area contributed by atoms with Crippen LogP contribution in [0.15, 0.2) is 24.3 Å². The summed E-state index contributed by atoms with van der Waals surface area (Å²) in [6, 6.07) is 9.61. The van der Waals surface area contributed by atoms with Gasteiger partial charge in [0, 0.05) is 19.1 Å². The van der Waals surface area contributed by atoms with Crippen LogP contribution in [0.5, 0.6) is 0 Å². The molecule has 1 aromatic rings. The van der Waals surface area contributed by atoms with Crippen molar-refractivity contribution in [3.05, 3.63) is 35.4 Å². The summed E-state index contributed by atoms with van der Waals surface area (Å²) in [6.45, 7) is 9.89. The molecule has 0 aliphatic carbocycles. The first kappa shape index (κ1) is 16.2. The van der Waals surface area contributed by atoms with E-state index in [4.69, 9.17) is 0 Å². The Hall–Kier alpha value is -0.860. The van der Waals surface area contributed by atoms with Crippen LogP contribution in [0.25, 0.3) is 0 Å². The molecular formula is C17H30N2. The highest BCUT2D eigenvalue weighted by molar-refractivity contribution is 5.23. The molecule has 19 heavy (non-hydrogen) atoms. The average molecular weight is 262 g/mol. The van der Waals surface area contributed by atoms with E-state index in [0.29, 0.717) is 6.04 Å². The standard InChI is InChI=1S/C17H30N2/c1-5-8-15(3)19(4)14-17-10-7-9-16(12-17)13-18-11-6-2/h7,9-10,12,15,18H,5-6,8,11,13-14H2,1-4H3. The lowest BCUT2D eigenvalue weighted by Gasteiger charge is -2.24. The van der Waals surface area contributed by atoms with Crippen LogP contribution in [-0.2, 0) is 13.1 Å². The molecule has 0 heterocycles. The zero-order valence-corrected chi connectivity index (χ0v) is 13.1. The Morgan fingerprint density at radius 3 is 2.58 bits per heavy atom. The summed E-state index contributed by atoms with van der Waals surface area (Å²) < 4.78 is 0. The third-order valence-corrected chi connectivity index (χ3v) is 3.64. The van der Waals surface area contributed by atoms with Crippen LogP contribution in [0.2, 0.25) is 0 Å². The fraction of sp³-hybridized carbons (Fsp3) is 0.647. The molecule has 0 fully saturated rings. The Balaban J connectivity index is 2.51. The van der Waals surface area contributed by atoms with E-state index in [9.17, 15) is 0 Å². The summed E-state index contributed by atoms with van der Waals surface area (Å²) in [5.41, 5.74) is 2.81. The molecular weight excluding hydrogens is 232 g/mol. The van der Waals surface area contributed by atoms with E-state index in [1.54, 1.807) is 0 Å². The molecule has 0 aliphatic rings. The number of hydrogen-bond donors (Lipinski definition) is 1. The summed E-state index contributed by atoms with van der Waals surface area (Å²) in [4.78, 5) is 2.45. The third kappa shape index (κ3) is 6.22. The van der Waals surface area contributed by atoms with Crippen LogP contribution in [-0.4, -0.2) is 24.5 Å². The fourth-order valence-electron chi connectivity index (χ4n) is 2.33. The zero-order chi connectivity index (χ0) is 14.1. The first-order valence-corrected chi connectivity index (χ1v) is 7.66. The largest absolute Gasteiger partial charge is 0.313 e.